The Labute approximate surface area is 134 Å². The number of aromatic nitrogens is 6. The van der Waals surface area contributed by atoms with E-state index < -0.39 is 5.91 Å². The second-order valence-electron chi connectivity index (χ2n) is 5.05. The number of anilines is 1. The van der Waals surface area contributed by atoms with Gasteiger partial charge in [0.2, 0.25) is 5.91 Å². The van der Waals surface area contributed by atoms with Crippen molar-refractivity contribution in [2.75, 3.05) is 5.32 Å². The van der Waals surface area contributed by atoms with Gasteiger partial charge in [0.1, 0.15) is 17.9 Å². The van der Waals surface area contributed by atoms with Crippen molar-refractivity contribution in [1.29, 1.82) is 0 Å². The van der Waals surface area contributed by atoms with Gasteiger partial charge in [-0.3, -0.25) is 9.59 Å². The molecule has 1 amide bonds. The van der Waals surface area contributed by atoms with E-state index in [0.29, 0.717) is 22.4 Å². The third-order valence-electron chi connectivity index (χ3n) is 3.48. The van der Waals surface area contributed by atoms with Crippen LogP contribution in [0.1, 0.15) is 0 Å². The molecular formula is C15H11N7O2. The number of fused-ring (bicyclic) bond motifs is 2. The molecule has 1 aromatic carbocycles. The molecule has 9 nitrogen and oxygen atoms in total. The van der Waals surface area contributed by atoms with E-state index in [4.69, 9.17) is 0 Å². The van der Waals surface area contributed by atoms with Crippen LogP contribution < -0.4 is 10.9 Å². The topological polar surface area (TPSA) is 107 Å². The average molecular weight is 321 g/mol. The van der Waals surface area contributed by atoms with Gasteiger partial charge in [-0.05, 0) is 18.2 Å². The summed E-state index contributed by atoms with van der Waals surface area (Å²) in [6, 6.07) is 10.2. The molecule has 1 N–H and O–H groups in total. The molecule has 9 heteroatoms. The molecule has 0 atom stereocenters. The van der Waals surface area contributed by atoms with Gasteiger partial charge in [0, 0.05) is 12.3 Å². The summed E-state index contributed by atoms with van der Waals surface area (Å²) in [6.07, 6.45) is 3.14. The molecule has 0 saturated carbocycles. The number of amides is 1. The highest BCUT2D eigenvalue weighted by molar-refractivity contribution is 5.90. The first-order valence-electron chi connectivity index (χ1n) is 7.13. The van der Waals surface area contributed by atoms with Crippen molar-refractivity contribution in [3.63, 3.8) is 0 Å². The fourth-order valence-corrected chi connectivity index (χ4v) is 2.37. The van der Waals surface area contributed by atoms with E-state index in [-0.39, 0.29) is 12.1 Å². The van der Waals surface area contributed by atoms with Crippen molar-refractivity contribution in [3.05, 3.63) is 59.1 Å². The number of carbonyl (C=O) groups excluding carboxylic acids is 1. The number of carbonyl (C=O) groups is 1. The standard InChI is InChI=1S/C15H11N7O2/c23-14(18-13-5-7-16-12-6-8-17-22(12)13)9-21-15(24)10-3-1-2-4-11(10)19-20-21/h1-8H,9H2,(H,18,23). The lowest BCUT2D eigenvalue weighted by atomic mass is 10.2. The van der Waals surface area contributed by atoms with Gasteiger partial charge >= 0.3 is 0 Å². The van der Waals surface area contributed by atoms with Crippen molar-refractivity contribution in [2.45, 2.75) is 6.54 Å². The summed E-state index contributed by atoms with van der Waals surface area (Å²) in [5, 5.41) is 14.9. The lowest BCUT2D eigenvalue weighted by Crippen LogP contribution is -2.30. The van der Waals surface area contributed by atoms with Crippen molar-refractivity contribution in [3.8, 4) is 0 Å². The van der Waals surface area contributed by atoms with Crippen LogP contribution in [-0.4, -0.2) is 35.5 Å². The first kappa shape index (κ1) is 14.0. The number of nitrogens with zero attached hydrogens (tertiary/aromatic N) is 6. The largest absolute Gasteiger partial charge is 0.309 e. The Morgan fingerprint density at radius 2 is 2.00 bits per heavy atom. The number of hydrogen-bond donors (Lipinski definition) is 1. The van der Waals surface area contributed by atoms with Gasteiger partial charge < -0.3 is 5.32 Å². The molecule has 0 bridgehead atoms. The lowest BCUT2D eigenvalue weighted by Gasteiger charge is -2.07. The molecule has 0 aliphatic rings. The number of hydrogen-bond acceptors (Lipinski definition) is 6. The quantitative estimate of drug-likeness (QED) is 0.588. The maximum absolute atomic E-state index is 12.3. The van der Waals surface area contributed by atoms with E-state index in [0.717, 1.165) is 4.68 Å². The van der Waals surface area contributed by atoms with Crippen LogP contribution in [0.3, 0.4) is 0 Å². The van der Waals surface area contributed by atoms with Crippen LogP contribution in [0.5, 0.6) is 0 Å². The van der Waals surface area contributed by atoms with Gasteiger partial charge in [-0.15, -0.1) is 5.10 Å². The summed E-state index contributed by atoms with van der Waals surface area (Å²) in [5.74, 6) is 0.0430. The van der Waals surface area contributed by atoms with Crippen molar-refractivity contribution in [2.24, 2.45) is 0 Å². The zero-order valence-corrected chi connectivity index (χ0v) is 12.3. The van der Waals surface area contributed by atoms with Gasteiger partial charge in [0.25, 0.3) is 5.56 Å². The molecule has 4 aromatic rings. The molecule has 3 heterocycles. The molecule has 118 valence electrons. The predicted molar refractivity (Wildman–Crippen MR) is 85.4 cm³/mol. The van der Waals surface area contributed by atoms with Gasteiger partial charge in [-0.25, -0.2) is 9.67 Å². The van der Waals surface area contributed by atoms with Crippen molar-refractivity contribution in [1.82, 2.24) is 29.6 Å². The minimum Gasteiger partial charge on any atom is -0.309 e. The Morgan fingerprint density at radius 3 is 2.92 bits per heavy atom. The van der Waals surface area contributed by atoms with Gasteiger partial charge in [0.05, 0.1) is 11.6 Å². The molecule has 0 radical (unpaired) electrons. The monoisotopic (exact) mass is 321 g/mol. The number of benzene rings is 1. The summed E-state index contributed by atoms with van der Waals surface area (Å²) in [7, 11) is 0. The molecule has 4 rings (SSSR count). The zero-order valence-electron chi connectivity index (χ0n) is 12.3. The van der Waals surface area contributed by atoms with Crippen LogP contribution in [-0.2, 0) is 11.3 Å². The number of rotatable bonds is 3. The first-order valence-corrected chi connectivity index (χ1v) is 7.13. The Balaban J connectivity index is 1.62. The van der Waals surface area contributed by atoms with Crippen LogP contribution in [0.4, 0.5) is 5.82 Å². The van der Waals surface area contributed by atoms with Gasteiger partial charge in [0.15, 0.2) is 5.65 Å². The summed E-state index contributed by atoms with van der Waals surface area (Å²) >= 11 is 0. The SMILES string of the molecule is O=C(Cn1nnc2ccccc2c1=O)Nc1ccnc2ccnn12. The van der Waals surface area contributed by atoms with E-state index in [1.165, 1.54) is 4.52 Å². The summed E-state index contributed by atoms with van der Waals surface area (Å²) < 4.78 is 2.52. The van der Waals surface area contributed by atoms with Crippen molar-refractivity contribution < 1.29 is 4.79 Å². The summed E-state index contributed by atoms with van der Waals surface area (Å²) in [4.78, 5) is 28.7. The Morgan fingerprint density at radius 1 is 1.12 bits per heavy atom. The maximum atomic E-state index is 12.3. The van der Waals surface area contributed by atoms with E-state index >= 15 is 0 Å². The fourth-order valence-electron chi connectivity index (χ4n) is 2.37. The average Bonchev–Trinajstić information content (AvgIpc) is 3.07. The lowest BCUT2D eigenvalue weighted by molar-refractivity contribution is -0.117. The van der Waals surface area contributed by atoms with Crippen LogP contribution in [0.15, 0.2) is 53.6 Å². The minimum atomic E-state index is -0.412. The van der Waals surface area contributed by atoms with Crippen LogP contribution in [0, 0.1) is 0 Å². The third kappa shape index (κ3) is 2.37. The van der Waals surface area contributed by atoms with Gasteiger partial charge in [-0.2, -0.15) is 9.61 Å². The Hall–Kier alpha value is -3.62. The maximum Gasteiger partial charge on any atom is 0.278 e. The van der Waals surface area contributed by atoms with Crippen LogP contribution in [0.25, 0.3) is 16.6 Å². The van der Waals surface area contributed by atoms with Crippen LogP contribution in [0.2, 0.25) is 0 Å². The molecule has 0 fully saturated rings. The van der Waals surface area contributed by atoms with E-state index in [1.807, 2.05) is 0 Å². The molecule has 0 aliphatic heterocycles. The molecule has 0 saturated heterocycles. The van der Waals surface area contributed by atoms with Crippen LogP contribution >= 0.6 is 0 Å². The van der Waals surface area contributed by atoms with E-state index in [2.05, 4.69) is 25.7 Å². The minimum absolute atomic E-state index is 0.248. The number of nitrogens with one attached hydrogen (secondary N) is 1. The summed E-state index contributed by atoms with van der Waals surface area (Å²) in [6.45, 7) is -0.248. The second kappa shape index (κ2) is 5.54. The molecule has 0 spiro atoms. The van der Waals surface area contributed by atoms with E-state index in [9.17, 15) is 9.59 Å². The second-order valence-corrected chi connectivity index (χ2v) is 5.05. The van der Waals surface area contributed by atoms with Crippen molar-refractivity contribution >= 4 is 28.3 Å². The third-order valence-corrected chi connectivity index (χ3v) is 3.48. The highest BCUT2D eigenvalue weighted by atomic mass is 16.2. The first-order chi connectivity index (χ1) is 11.7. The highest BCUT2D eigenvalue weighted by Gasteiger charge is 2.11. The Kier molecular flexibility index (Phi) is 3.23. The summed E-state index contributed by atoms with van der Waals surface area (Å²) in [5.41, 5.74) is 0.733. The van der Waals surface area contributed by atoms with E-state index in [1.54, 1.807) is 48.8 Å². The molecule has 24 heavy (non-hydrogen) atoms. The Bertz CT molecular complexity index is 1120. The molecule has 0 aliphatic carbocycles. The highest BCUT2D eigenvalue weighted by Crippen LogP contribution is 2.08. The van der Waals surface area contributed by atoms with Gasteiger partial charge in [-0.1, -0.05) is 17.3 Å². The normalized spacial score (nSPS) is 11.0. The predicted octanol–water partition coefficient (Wildman–Crippen LogP) is 0.473. The molecule has 0 unspecified atom stereocenters. The molecule has 3 aromatic heterocycles. The zero-order chi connectivity index (χ0) is 16.5. The fraction of sp³-hybridized carbons (Fsp3) is 0.0667. The smallest absolute Gasteiger partial charge is 0.278 e. The molecular weight excluding hydrogens is 310 g/mol.